The van der Waals surface area contributed by atoms with Gasteiger partial charge in [-0.25, -0.2) is 4.79 Å². The number of furan rings is 1. The minimum absolute atomic E-state index is 0.225. The fraction of sp³-hybridized carbons (Fsp3) is 0.200. The van der Waals surface area contributed by atoms with Gasteiger partial charge >= 0.3 is 5.97 Å². The van der Waals surface area contributed by atoms with Crippen LogP contribution < -0.4 is 16.0 Å². The first kappa shape index (κ1) is 28.6. The number of hydroxylamine groups is 1. The summed E-state index contributed by atoms with van der Waals surface area (Å²) in [6.07, 6.45) is 2.94. The van der Waals surface area contributed by atoms with Gasteiger partial charge in [-0.2, -0.15) is 5.48 Å². The second-order valence-corrected chi connectivity index (χ2v) is 10.1. The van der Waals surface area contributed by atoms with Crippen molar-refractivity contribution in [3.63, 3.8) is 0 Å². The number of carbonyl (C=O) groups is 2. The second kappa shape index (κ2) is 13.7. The molecular formula is C35H34N2O5. The van der Waals surface area contributed by atoms with Crippen molar-refractivity contribution in [2.75, 3.05) is 0 Å². The zero-order valence-corrected chi connectivity index (χ0v) is 23.5. The van der Waals surface area contributed by atoms with Crippen molar-refractivity contribution in [1.82, 2.24) is 5.48 Å². The van der Waals surface area contributed by atoms with Crippen molar-refractivity contribution < 1.29 is 23.6 Å². The van der Waals surface area contributed by atoms with E-state index in [1.807, 2.05) is 91.9 Å². The zero-order valence-electron chi connectivity index (χ0n) is 23.5. The number of benzene rings is 4. The lowest BCUT2D eigenvalue weighted by Crippen LogP contribution is -2.33. The lowest BCUT2D eigenvalue weighted by atomic mass is 9.90. The van der Waals surface area contributed by atoms with E-state index in [0.717, 1.165) is 38.8 Å². The van der Waals surface area contributed by atoms with E-state index in [9.17, 15) is 9.59 Å². The number of hydrogen-bond donors (Lipinski definition) is 2. The molecule has 214 valence electrons. The molecule has 1 aromatic heterocycles. The molecule has 7 heteroatoms. The maximum atomic E-state index is 13.4. The van der Waals surface area contributed by atoms with Crippen LogP contribution in [0.15, 0.2) is 108 Å². The van der Waals surface area contributed by atoms with Crippen molar-refractivity contribution in [3.05, 3.63) is 126 Å². The lowest BCUT2D eigenvalue weighted by Gasteiger charge is -2.20. The fourth-order valence-electron chi connectivity index (χ4n) is 5.00. The molecule has 0 radical (unpaired) electrons. The maximum Gasteiger partial charge on any atom is 0.332 e. The van der Waals surface area contributed by atoms with Gasteiger partial charge in [0.2, 0.25) is 0 Å². The summed E-state index contributed by atoms with van der Waals surface area (Å²) in [5, 5.41) is 0.966. The maximum absolute atomic E-state index is 13.4. The van der Waals surface area contributed by atoms with E-state index < -0.39 is 17.8 Å². The summed E-state index contributed by atoms with van der Waals surface area (Å²) in [6, 6.07) is 31.3. The van der Waals surface area contributed by atoms with Crippen LogP contribution in [0.3, 0.4) is 0 Å². The predicted molar refractivity (Wildman–Crippen MR) is 162 cm³/mol. The third-order valence-corrected chi connectivity index (χ3v) is 7.09. The molecule has 0 aliphatic rings. The van der Waals surface area contributed by atoms with E-state index in [-0.39, 0.29) is 13.0 Å². The summed E-state index contributed by atoms with van der Waals surface area (Å²) < 4.78 is 12.2. The van der Waals surface area contributed by atoms with Gasteiger partial charge in [-0.3, -0.25) is 4.79 Å². The Kier molecular flexibility index (Phi) is 9.31. The van der Waals surface area contributed by atoms with Crippen molar-refractivity contribution in [3.8, 4) is 16.9 Å². The number of fused-ring (bicyclic) bond motifs is 1. The topological polar surface area (TPSA) is 104 Å². The highest BCUT2D eigenvalue weighted by Crippen LogP contribution is 2.34. The molecule has 1 amide bonds. The quantitative estimate of drug-likeness (QED) is 0.171. The first-order chi connectivity index (χ1) is 20.6. The van der Waals surface area contributed by atoms with Gasteiger partial charge in [0.05, 0.1) is 12.2 Å². The molecule has 0 spiro atoms. The van der Waals surface area contributed by atoms with E-state index >= 15 is 0 Å². The molecule has 0 bridgehead atoms. The Morgan fingerprint density at radius 2 is 1.67 bits per heavy atom. The number of rotatable bonds is 11. The molecule has 7 nitrogen and oxygen atoms in total. The van der Waals surface area contributed by atoms with Crippen LogP contribution in [0.4, 0.5) is 0 Å². The van der Waals surface area contributed by atoms with Crippen LogP contribution in [0.1, 0.15) is 47.9 Å². The Hall–Kier alpha value is -4.88. The minimum atomic E-state index is -0.649. The Morgan fingerprint density at radius 3 is 2.48 bits per heavy atom. The van der Waals surface area contributed by atoms with Gasteiger partial charge in [0.25, 0.3) is 5.91 Å². The van der Waals surface area contributed by atoms with Gasteiger partial charge in [0.1, 0.15) is 17.9 Å². The molecular weight excluding hydrogens is 528 g/mol. The largest absolute Gasteiger partial charge is 0.489 e. The zero-order chi connectivity index (χ0) is 29.3. The predicted octanol–water partition coefficient (Wildman–Crippen LogP) is 6.84. The van der Waals surface area contributed by atoms with E-state index in [1.165, 1.54) is 0 Å². The van der Waals surface area contributed by atoms with E-state index in [4.69, 9.17) is 19.7 Å². The molecule has 0 saturated heterocycles. The van der Waals surface area contributed by atoms with Crippen LogP contribution in [0, 0.1) is 0 Å². The van der Waals surface area contributed by atoms with E-state index in [1.54, 1.807) is 6.26 Å². The molecule has 1 atom stereocenters. The molecule has 42 heavy (non-hydrogen) atoms. The van der Waals surface area contributed by atoms with E-state index in [2.05, 4.69) is 17.6 Å². The van der Waals surface area contributed by atoms with Crippen LogP contribution >= 0.6 is 0 Å². The fourth-order valence-corrected chi connectivity index (χ4v) is 5.00. The Morgan fingerprint density at radius 1 is 0.881 bits per heavy atom. The smallest absolute Gasteiger partial charge is 0.332 e. The first-order valence-electron chi connectivity index (χ1n) is 14.1. The van der Waals surface area contributed by atoms with Crippen LogP contribution in [0.2, 0.25) is 0 Å². The van der Waals surface area contributed by atoms with Crippen molar-refractivity contribution in [2.45, 2.75) is 45.3 Å². The summed E-state index contributed by atoms with van der Waals surface area (Å²) in [5.74, 6) is -0.964. The summed E-state index contributed by atoms with van der Waals surface area (Å²) in [6.45, 7) is 2.59. The molecule has 1 unspecified atom stereocenters. The van der Waals surface area contributed by atoms with Crippen LogP contribution in [0.5, 0.6) is 5.75 Å². The molecule has 4 aromatic carbocycles. The summed E-state index contributed by atoms with van der Waals surface area (Å²) in [4.78, 5) is 30.4. The molecule has 3 N–H and O–H groups in total. The normalized spacial score (nSPS) is 11.7. The number of nitrogens with two attached hydrogens (primary N) is 1. The highest BCUT2D eigenvalue weighted by molar-refractivity contribution is 5.93. The Bertz CT molecular complexity index is 1660. The lowest BCUT2D eigenvalue weighted by molar-refractivity contribution is -0.158. The number of carbonyl (C=O) groups excluding carboxylic acids is 2. The molecule has 5 rings (SSSR count). The van der Waals surface area contributed by atoms with Gasteiger partial charge in [0.15, 0.2) is 0 Å². The monoisotopic (exact) mass is 562 g/mol. The standard InChI is InChI=1S/C35H34N2O5/c1-2-9-33(38)42-37-35(39)31(20-24-10-4-3-5-11-24)29-14-6-7-15-32(29)41-23-26-19-28-16-17-40-34(28)30(21-26)27-13-8-12-25(18-27)22-36/h3-8,10-19,21,31H,2,9,20,22-23,36H2,1H3,(H,37,39). The minimum Gasteiger partial charge on any atom is -0.489 e. The number of amides is 1. The number of hydrogen-bond acceptors (Lipinski definition) is 6. The van der Waals surface area contributed by atoms with Gasteiger partial charge < -0.3 is 19.7 Å². The molecule has 0 aliphatic carbocycles. The average molecular weight is 563 g/mol. The van der Waals surface area contributed by atoms with Crippen molar-refractivity contribution in [1.29, 1.82) is 0 Å². The van der Waals surface area contributed by atoms with Gasteiger partial charge in [0, 0.05) is 29.5 Å². The molecule has 5 aromatic rings. The van der Waals surface area contributed by atoms with Crippen molar-refractivity contribution in [2.24, 2.45) is 5.73 Å². The number of para-hydroxylation sites is 1. The Balaban J connectivity index is 1.43. The van der Waals surface area contributed by atoms with Crippen LogP contribution in [-0.4, -0.2) is 11.9 Å². The van der Waals surface area contributed by atoms with Crippen molar-refractivity contribution >= 4 is 22.8 Å². The molecule has 0 aliphatic heterocycles. The highest BCUT2D eigenvalue weighted by Gasteiger charge is 2.26. The average Bonchev–Trinajstić information content (AvgIpc) is 3.51. The third kappa shape index (κ3) is 6.87. The molecule has 0 saturated carbocycles. The summed E-state index contributed by atoms with van der Waals surface area (Å²) in [7, 11) is 0. The molecule has 0 fully saturated rings. The van der Waals surface area contributed by atoms with Crippen LogP contribution in [0.25, 0.3) is 22.1 Å². The van der Waals surface area contributed by atoms with Gasteiger partial charge in [-0.05, 0) is 65.4 Å². The van der Waals surface area contributed by atoms with Crippen LogP contribution in [-0.2, 0) is 34.0 Å². The SMILES string of the molecule is CCCC(=O)ONC(=O)C(Cc1ccccc1)c1ccccc1OCc1cc(-c2cccc(CN)c2)c2occc2c1. The summed E-state index contributed by atoms with van der Waals surface area (Å²) >= 11 is 0. The first-order valence-corrected chi connectivity index (χ1v) is 14.1. The Labute approximate surface area is 245 Å². The highest BCUT2D eigenvalue weighted by atomic mass is 16.7. The third-order valence-electron chi connectivity index (χ3n) is 7.09. The number of nitrogens with one attached hydrogen (secondary N) is 1. The van der Waals surface area contributed by atoms with E-state index in [0.29, 0.717) is 30.7 Å². The van der Waals surface area contributed by atoms with Gasteiger partial charge in [-0.15, -0.1) is 0 Å². The number of ether oxygens (including phenoxy) is 1. The second-order valence-electron chi connectivity index (χ2n) is 10.1. The molecule has 1 heterocycles. The summed E-state index contributed by atoms with van der Waals surface area (Å²) in [5.41, 5.74) is 14.7. The van der Waals surface area contributed by atoms with Gasteiger partial charge in [-0.1, -0.05) is 73.7 Å².